The fourth-order valence-electron chi connectivity index (χ4n) is 3.81. The minimum absolute atomic E-state index is 0.224. The van der Waals surface area contributed by atoms with Crippen molar-refractivity contribution in [1.29, 1.82) is 0 Å². The molecule has 4 rings (SSSR count). The molecule has 0 unspecified atom stereocenters. The molecule has 2 aromatic rings. The Morgan fingerprint density at radius 2 is 1.58 bits per heavy atom. The summed E-state index contributed by atoms with van der Waals surface area (Å²) in [6, 6.07) is 6.56. The van der Waals surface area contributed by atoms with E-state index in [0.717, 1.165) is 31.5 Å². The van der Waals surface area contributed by atoms with E-state index in [4.69, 9.17) is 33.7 Å². The van der Waals surface area contributed by atoms with E-state index in [-0.39, 0.29) is 6.10 Å². The van der Waals surface area contributed by atoms with Gasteiger partial charge in [0.1, 0.15) is 0 Å². The second kappa shape index (κ2) is 14.1. The van der Waals surface area contributed by atoms with Gasteiger partial charge in [-0.1, -0.05) is 0 Å². The first-order valence-corrected chi connectivity index (χ1v) is 11.2. The van der Waals surface area contributed by atoms with Crippen LogP contribution in [0.3, 0.4) is 0 Å². The Balaban J connectivity index is 0.000000301. The van der Waals surface area contributed by atoms with Crippen molar-refractivity contribution < 1.29 is 60.0 Å². The number of aliphatic carboxylic acids is 2. The third-order valence-electron chi connectivity index (χ3n) is 5.52. The molecule has 2 saturated heterocycles. The second-order valence-electron chi connectivity index (χ2n) is 8.31. The van der Waals surface area contributed by atoms with Crippen molar-refractivity contribution in [1.82, 2.24) is 9.88 Å². The van der Waals surface area contributed by atoms with Gasteiger partial charge >= 0.3 is 24.3 Å². The van der Waals surface area contributed by atoms with Crippen LogP contribution in [0.25, 0.3) is 0 Å². The van der Waals surface area contributed by atoms with Crippen LogP contribution >= 0.6 is 0 Å². The summed E-state index contributed by atoms with van der Waals surface area (Å²) in [5.41, 5.74) is 2.41. The van der Waals surface area contributed by atoms with Crippen molar-refractivity contribution in [3.63, 3.8) is 0 Å². The fraction of sp³-hybridized carbons (Fsp3) is 0.522. The molecule has 0 radical (unpaired) electrons. The fourth-order valence-corrected chi connectivity index (χ4v) is 3.81. The molecule has 3 atom stereocenters. The third-order valence-corrected chi connectivity index (χ3v) is 5.52. The van der Waals surface area contributed by atoms with Crippen LogP contribution in [-0.2, 0) is 32.2 Å². The smallest absolute Gasteiger partial charge is 0.475 e. The summed E-state index contributed by atoms with van der Waals surface area (Å²) in [5, 5.41) is 14.2. The molecule has 2 aromatic heterocycles. The molecule has 0 spiro atoms. The average molecular weight is 556 g/mol. The molecule has 0 aromatic carbocycles. The van der Waals surface area contributed by atoms with Gasteiger partial charge in [-0.2, -0.15) is 26.3 Å². The molecule has 2 N–H and O–H groups in total. The Morgan fingerprint density at radius 1 is 0.974 bits per heavy atom. The minimum Gasteiger partial charge on any atom is -0.475 e. The van der Waals surface area contributed by atoms with Gasteiger partial charge in [0, 0.05) is 37.1 Å². The van der Waals surface area contributed by atoms with Crippen LogP contribution in [0, 0.1) is 0 Å². The van der Waals surface area contributed by atoms with E-state index in [2.05, 4.69) is 9.88 Å². The van der Waals surface area contributed by atoms with E-state index in [1.807, 2.05) is 24.5 Å². The molecule has 2 aliphatic rings. The number of hydrogen-bond donors (Lipinski definition) is 2. The van der Waals surface area contributed by atoms with Gasteiger partial charge in [-0.15, -0.1) is 0 Å². The van der Waals surface area contributed by atoms with Gasteiger partial charge in [0.25, 0.3) is 0 Å². The summed E-state index contributed by atoms with van der Waals surface area (Å²) in [4.78, 5) is 24.3. The Kier molecular flexibility index (Phi) is 11.5. The molecule has 4 heterocycles. The van der Waals surface area contributed by atoms with E-state index in [1.54, 1.807) is 18.7 Å². The molecule has 0 saturated carbocycles. The van der Waals surface area contributed by atoms with Crippen molar-refractivity contribution >= 4 is 11.9 Å². The molecular weight excluding hydrogens is 530 g/mol. The number of furan rings is 1. The highest BCUT2D eigenvalue weighted by Gasteiger charge is 2.40. The number of carboxylic acid groups (broad SMARTS) is 2. The van der Waals surface area contributed by atoms with Crippen LogP contribution in [0.4, 0.5) is 26.3 Å². The summed E-state index contributed by atoms with van der Waals surface area (Å²) in [6.07, 6.45) is 0.959. The molecule has 212 valence electrons. The number of alkyl halides is 6. The van der Waals surface area contributed by atoms with Crippen molar-refractivity contribution in [2.24, 2.45) is 0 Å². The number of aromatic nitrogens is 1. The maximum absolute atomic E-state index is 10.6. The second-order valence-corrected chi connectivity index (χ2v) is 8.31. The number of carbonyl (C=O) groups is 2. The Morgan fingerprint density at radius 3 is 2.11 bits per heavy atom. The zero-order valence-electron chi connectivity index (χ0n) is 19.8. The maximum atomic E-state index is 10.6. The monoisotopic (exact) mass is 556 g/mol. The third kappa shape index (κ3) is 10.7. The lowest BCUT2D eigenvalue weighted by atomic mass is 9.99. The first kappa shape index (κ1) is 31.1. The Bertz CT molecular complexity index is 962. The van der Waals surface area contributed by atoms with Crippen LogP contribution < -0.4 is 0 Å². The number of hydrogen-bond acceptors (Lipinski definition) is 7. The minimum atomic E-state index is -5.08. The topological polar surface area (TPSA) is 122 Å². The number of rotatable bonds is 6. The zero-order chi connectivity index (χ0) is 28.3. The maximum Gasteiger partial charge on any atom is 0.490 e. The molecule has 2 fully saturated rings. The van der Waals surface area contributed by atoms with Crippen LogP contribution in [0.15, 0.2) is 47.5 Å². The number of halogens is 6. The van der Waals surface area contributed by atoms with Gasteiger partial charge in [-0.05, 0) is 43.0 Å². The number of fused-ring (bicyclic) bond motifs is 1. The average Bonchev–Trinajstić information content (AvgIpc) is 3.50. The summed E-state index contributed by atoms with van der Waals surface area (Å²) >= 11 is 0. The lowest BCUT2D eigenvalue weighted by Gasteiger charge is -2.35. The van der Waals surface area contributed by atoms with Gasteiger partial charge in [-0.25, -0.2) is 9.59 Å². The molecule has 0 bridgehead atoms. The van der Waals surface area contributed by atoms with Gasteiger partial charge in [0.15, 0.2) is 0 Å². The van der Waals surface area contributed by atoms with Gasteiger partial charge in [-0.3, -0.25) is 9.88 Å². The molecule has 0 amide bonds. The van der Waals surface area contributed by atoms with Crippen LogP contribution in [0.2, 0.25) is 0 Å². The van der Waals surface area contributed by atoms with E-state index < -0.39 is 24.3 Å². The quantitative estimate of drug-likeness (QED) is 0.502. The highest BCUT2D eigenvalue weighted by atomic mass is 19.4. The Labute approximate surface area is 213 Å². The highest BCUT2D eigenvalue weighted by Crippen LogP contribution is 2.32. The predicted octanol–water partition coefficient (Wildman–Crippen LogP) is 4.28. The molecular formula is C23H26F6N2O7. The molecule has 9 nitrogen and oxygen atoms in total. The normalized spacial score (nSPS) is 21.4. The van der Waals surface area contributed by atoms with E-state index >= 15 is 0 Å². The van der Waals surface area contributed by atoms with Crippen LogP contribution in [0.5, 0.6) is 0 Å². The molecule has 15 heteroatoms. The first-order chi connectivity index (χ1) is 17.8. The number of nitrogens with zero attached hydrogens (tertiary/aromatic N) is 2. The standard InChI is InChI=1S/C19H24N2O3.2C2HF3O2/c1-2-18-19(5-9-21(18)11-16-6-10-22-13-16)24-17(1)14-23-12-15-3-7-20-8-4-15;2*3-2(4,5)1(6)7/h3-4,6-8,10,13,17-19H,1-2,5,9,11-12,14H2;2*(H,6,7)/t17-,18-,19-;;/m0../s1. The first-order valence-electron chi connectivity index (χ1n) is 11.2. The summed E-state index contributed by atoms with van der Waals surface area (Å²) < 4.78 is 80.8. The molecule has 38 heavy (non-hydrogen) atoms. The molecule has 0 aliphatic carbocycles. The largest absolute Gasteiger partial charge is 0.490 e. The molecule has 2 aliphatic heterocycles. The summed E-state index contributed by atoms with van der Waals surface area (Å²) in [6.45, 7) is 3.37. The van der Waals surface area contributed by atoms with Crippen molar-refractivity contribution in [2.75, 3.05) is 13.2 Å². The summed E-state index contributed by atoms with van der Waals surface area (Å²) in [7, 11) is 0. The Hall–Kier alpha value is -3.17. The number of pyridine rings is 1. The van der Waals surface area contributed by atoms with Gasteiger partial charge in [0.2, 0.25) is 0 Å². The van der Waals surface area contributed by atoms with Crippen LogP contribution in [0.1, 0.15) is 30.4 Å². The summed E-state index contributed by atoms with van der Waals surface area (Å²) in [5.74, 6) is -5.51. The highest BCUT2D eigenvalue weighted by molar-refractivity contribution is 5.73. The van der Waals surface area contributed by atoms with Crippen molar-refractivity contribution in [3.05, 3.63) is 54.2 Å². The lowest BCUT2D eigenvalue weighted by molar-refractivity contribution is -0.193. The van der Waals surface area contributed by atoms with Gasteiger partial charge < -0.3 is 24.1 Å². The van der Waals surface area contributed by atoms with Crippen molar-refractivity contribution in [2.45, 2.75) is 63.0 Å². The number of likely N-dealkylation sites (tertiary alicyclic amines) is 1. The lowest BCUT2D eigenvalue weighted by Crippen LogP contribution is -2.43. The van der Waals surface area contributed by atoms with Crippen molar-refractivity contribution in [3.8, 4) is 0 Å². The predicted molar refractivity (Wildman–Crippen MR) is 117 cm³/mol. The van der Waals surface area contributed by atoms with E-state index in [0.29, 0.717) is 25.4 Å². The zero-order valence-corrected chi connectivity index (χ0v) is 19.8. The van der Waals surface area contributed by atoms with Crippen LogP contribution in [-0.4, -0.2) is 75.8 Å². The SMILES string of the molecule is O=C(O)C(F)(F)F.O=C(O)C(F)(F)F.c1cc(COC[C@@H]2CC[C@H]3[C@H](CCN3Cc3ccoc3)O2)ccn1. The van der Waals surface area contributed by atoms with Gasteiger partial charge in [0.05, 0.1) is 37.9 Å². The van der Waals surface area contributed by atoms with E-state index in [1.165, 1.54) is 12.0 Å². The van der Waals surface area contributed by atoms with E-state index in [9.17, 15) is 26.3 Å². The number of carboxylic acids is 2. The number of ether oxygens (including phenoxy) is 2.